The van der Waals surface area contributed by atoms with E-state index in [1.807, 2.05) is 17.6 Å². The fourth-order valence-corrected chi connectivity index (χ4v) is 3.22. The van der Waals surface area contributed by atoms with Gasteiger partial charge in [-0.25, -0.2) is 9.78 Å². The van der Waals surface area contributed by atoms with Crippen LogP contribution < -0.4 is 11.1 Å². The molecule has 0 bridgehead atoms. The molecular formula is C15H18N4OS. The van der Waals surface area contributed by atoms with Crippen LogP contribution >= 0.6 is 11.3 Å². The van der Waals surface area contributed by atoms with Crippen LogP contribution in [0.4, 0.5) is 10.5 Å². The third-order valence-electron chi connectivity index (χ3n) is 3.72. The van der Waals surface area contributed by atoms with Gasteiger partial charge in [0.2, 0.25) is 0 Å². The summed E-state index contributed by atoms with van der Waals surface area (Å²) in [4.78, 5) is 17.2. The van der Waals surface area contributed by atoms with Crippen LogP contribution in [0.15, 0.2) is 35.8 Å². The molecule has 1 aromatic carbocycles. The molecular weight excluding hydrogens is 284 g/mol. The number of thiazole rings is 1. The summed E-state index contributed by atoms with van der Waals surface area (Å²) in [6.07, 6.45) is 3.66. The van der Waals surface area contributed by atoms with Crippen LogP contribution in [0.25, 0.3) is 10.6 Å². The van der Waals surface area contributed by atoms with E-state index in [2.05, 4.69) is 28.5 Å². The van der Waals surface area contributed by atoms with Gasteiger partial charge in [-0.2, -0.15) is 0 Å². The van der Waals surface area contributed by atoms with Crippen LogP contribution in [0.2, 0.25) is 0 Å². The summed E-state index contributed by atoms with van der Waals surface area (Å²) < 4.78 is 0. The van der Waals surface area contributed by atoms with Crippen molar-refractivity contribution in [2.75, 3.05) is 18.4 Å². The van der Waals surface area contributed by atoms with Gasteiger partial charge in [0.1, 0.15) is 5.01 Å². The lowest BCUT2D eigenvalue weighted by Crippen LogP contribution is -2.44. The Bertz CT molecular complexity index is 606. The first kappa shape index (κ1) is 13.9. The van der Waals surface area contributed by atoms with Crippen LogP contribution in [0.5, 0.6) is 0 Å². The SMILES string of the molecule is NC(=O)N1CCC(Nc2cccc(-c3nccs3)c2)CC1. The third kappa shape index (κ3) is 3.33. The zero-order valence-corrected chi connectivity index (χ0v) is 12.5. The monoisotopic (exact) mass is 302 g/mol. The minimum atomic E-state index is -0.320. The highest BCUT2D eigenvalue weighted by Gasteiger charge is 2.20. The van der Waals surface area contributed by atoms with E-state index < -0.39 is 0 Å². The fraction of sp³-hybridized carbons (Fsp3) is 0.333. The summed E-state index contributed by atoms with van der Waals surface area (Å²) in [7, 11) is 0. The third-order valence-corrected chi connectivity index (χ3v) is 4.54. The highest BCUT2D eigenvalue weighted by molar-refractivity contribution is 7.13. The van der Waals surface area contributed by atoms with Crippen molar-refractivity contribution in [3.63, 3.8) is 0 Å². The number of primary amides is 1. The first-order valence-corrected chi connectivity index (χ1v) is 7.91. The average Bonchev–Trinajstić information content (AvgIpc) is 3.02. The molecule has 0 unspecified atom stereocenters. The molecule has 0 aliphatic carbocycles. The molecule has 1 fully saturated rings. The summed E-state index contributed by atoms with van der Waals surface area (Å²) in [5, 5.41) is 6.55. The predicted molar refractivity (Wildman–Crippen MR) is 85.4 cm³/mol. The molecule has 3 N–H and O–H groups in total. The Kier molecular flexibility index (Phi) is 4.06. The van der Waals surface area contributed by atoms with Crippen molar-refractivity contribution in [3.8, 4) is 10.6 Å². The summed E-state index contributed by atoms with van der Waals surface area (Å²) in [6.45, 7) is 1.44. The number of nitrogens with two attached hydrogens (primary N) is 1. The summed E-state index contributed by atoms with van der Waals surface area (Å²) in [5.41, 5.74) is 7.53. The molecule has 3 rings (SSSR count). The molecule has 0 saturated carbocycles. The van der Waals surface area contributed by atoms with Crippen molar-refractivity contribution in [2.24, 2.45) is 5.73 Å². The number of anilines is 1. The Labute approximate surface area is 127 Å². The van der Waals surface area contributed by atoms with E-state index in [-0.39, 0.29) is 6.03 Å². The Morgan fingerprint density at radius 3 is 2.86 bits per heavy atom. The summed E-state index contributed by atoms with van der Waals surface area (Å²) in [5.74, 6) is 0. The number of hydrogen-bond acceptors (Lipinski definition) is 4. The molecule has 0 spiro atoms. The van der Waals surface area contributed by atoms with Crippen molar-refractivity contribution in [1.82, 2.24) is 9.88 Å². The van der Waals surface area contributed by atoms with Gasteiger partial charge in [0.15, 0.2) is 0 Å². The largest absolute Gasteiger partial charge is 0.382 e. The normalized spacial score (nSPS) is 15.9. The zero-order valence-electron chi connectivity index (χ0n) is 11.7. The molecule has 1 aliphatic heterocycles. The van der Waals surface area contributed by atoms with Crippen LogP contribution in [0, 0.1) is 0 Å². The minimum Gasteiger partial charge on any atom is -0.382 e. The van der Waals surface area contributed by atoms with Crippen LogP contribution in [0.3, 0.4) is 0 Å². The number of urea groups is 1. The number of aromatic nitrogens is 1. The second kappa shape index (κ2) is 6.13. The van der Waals surface area contributed by atoms with Crippen molar-refractivity contribution in [1.29, 1.82) is 0 Å². The van der Waals surface area contributed by atoms with E-state index in [0.717, 1.165) is 42.2 Å². The Morgan fingerprint density at radius 1 is 1.38 bits per heavy atom. The van der Waals surface area contributed by atoms with Crippen molar-refractivity contribution < 1.29 is 4.79 Å². The smallest absolute Gasteiger partial charge is 0.314 e. The predicted octanol–water partition coefficient (Wildman–Crippen LogP) is 2.77. The number of piperidine rings is 1. The number of hydrogen-bond donors (Lipinski definition) is 2. The second-order valence-electron chi connectivity index (χ2n) is 5.16. The number of nitrogens with zero attached hydrogens (tertiary/aromatic N) is 2. The van der Waals surface area contributed by atoms with Gasteiger partial charge < -0.3 is 16.0 Å². The number of nitrogens with one attached hydrogen (secondary N) is 1. The average molecular weight is 302 g/mol. The maximum absolute atomic E-state index is 11.1. The minimum absolute atomic E-state index is 0.320. The zero-order chi connectivity index (χ0) is 14.7. The van der Waals surface area contributed by atoms with E-state index >= 15 is 0 Å². The molecule has 1 aromatic heterocycles. The number of rotatable bonds is 3. The van der Waals surface area contributed by atoms with E-state index in [4.69, 9.17) is 5.73 Å². The fourth-order valence-electron chi connectivity index (χ4n) is 2.59. The van der Waals surface area contributed by atoms with Crippen LogP contribution in [-0.2, 0) is 0 Å². The molecule has 2 aromatic rings. The molecule has 0 radical (unpaired) electrons. The molecule has 110 valence electrons. The lowest BCUT2D eigenvalue weighted by molar-refractivity contribution is 0.193. The van der Waals surface area contributed by atoms with Gasteiger partial charge in [-0.3, -0.25) is 0 Å². The van der Waals surface area contributed by atoms with E-state index in [9.17, 15) is 4.79 Å². The quantitative estimate of drug-likeness (QED) is 0.916. The number of likely N-dealkylation sites (tertiary alicyclic amines) is 1. The Hall–Kier alpha value is -2.08. The highest BCUT2D eigenvalue weighted by Crippen LogP contribution is 2.25. The van der Waals surface area contributed by atoms with Gasteiger partial charge in [-0.15, -0.1) is 11.3 Å². The second-order valence-corrected chi connectivity index (χ2v) is 6.06. The highest BCUT2D eigenvalue weighted by atomic mass is 32.1. The maximum atomic E-state index is 11.1. The first-order valence-electron chi connectivity index (χ1n) is 7.03. The van der Waals surface area contributed by atoms with E-state index in [1.165, 1.54) is 0 Å². The standard InChI is InChI=1S/C15H18N4OS/c16-15(20)19-7-4-12(5-8-19)18-13-3-1-2-11(10-13)14-17-6-9-21-14/h1-3,6,9-10,12,18H,4-5,7-8H2,(H2,16,20). The molecule has 2 amide bonds. The number of benzene rings is 1. The lowest BCUT2D eigenvalue weighted by atomic mass is 10.0. The van der Waals surface area contributed by atoms with E-state index in [1.54, 1.807) is 16.2 Å². The molecule has 5 nitrogen and oxygen atoms in total. The number of carbonyl (C=O) groups excluding carboxylic acids is 1. The molecule has 2 heterocycles. The molecule has 0 atom stereocenters. The first-order chi connectivity index (χ1) is 10.2. The van der Waals surface area contributed by atoms with E-state index in [0.29, 0.717) is 6.04 Å². The van der Waals surface area contributed by atoms with Crippen molar-refractivity contribution >= 4 is 23.1 Å². The summed E-state index contributed by atoms with van der Waals surface area (Å²) >= 11 is 1.64. The van der Waals surface area contributed by atoms with Crippen LogP contribution in [0.1, 0.15) is 12.8 Å². The van der Waals surface area contributed by atoms with Gasteiger partial charge in [0.25, 0.3) is 0 Å². The molecule has 1 saturated heterocycles. The topological polar surface area (TPSA) is 71.2 Å². The molecule has 1 aliphatic rings. The number of carbonyl (C=O) groups is 1. The van der Waals surface area contributed by atoms with Gasteiger partial charge in [0.05, 0.1) is 0 Å². The summed E-state index contributed by atoms with van der Waals surface area (Å²) in [6, 6.07) is 8.36. The van der Waals surface area contributed by atoms with Gasteiger partial charge in [-0.05, 0) is 25.0 Å². The van der Waals surface area contributed by atoms with Gasteiger partial charge >= 0.3 is 6.03 Å². The van der Waals surface area contributed by atoms with Crippen molar-refractivity contribution in [2.45, 2.75) is 18.9 Å². The molecule has 6 heteroatoms. The maximum Gasteiger partial charge on any atom is 0.314 e. The van der Waals surface area contributed by atoms with Gasteiger partial charge in [0, 0.05) is 42.0 Å². The lowest BCUT2D eigenvalue weighted by Gasteiger charge is -2.31. The molecule has 21 heavy (non-hydrogen) atoms. The van der Waals surface area contributed by atoms with Crippen LogP contribution in [-0.4, -0.2) is 35.0 Å². The van der Waals surface area contributed by atoms with Gasteiger partial charge in [-0.1, -0.05) is 12.1 Å². The Morgan fingerprint density at radius 2 is 2.19 bits per heavy atom. The van der Waals surface area contributed by atoms with Crippen molar-refractivity contribution in [3.05, 3.63) is 35.8 Å². The number of amides is 2. The Balaban J connectivity index is 1.64.